The summed E-state index contributed by atoms with van der Waals surface area (Å²) in [6, 6.07) is 21.9. The van der Waals surface area contributed by atoms with Gasteiger partial charge in [-0.25, -0.2) is 0 Å². The molecule has 0 saturated carbocycles. The SMILES string of the molecule is O=C(Nc1cccc2c1C(=O)c1cccc3snc-2c13)c1ccc2c(c1)C(=O)c1ccccc1C2=O. The minimum Gasteiger partial charge on any atom is -0.321 e. The fourth-order valence-corrected chi connectivity index (χ4v) is 5.85. The van der Waals surface area contributed by atoms with Crippen LogP contribution in [0.2, 0.25) is 0 Å². The third-order valence-corrected chi connectivity index (χ3v) is 7.54. The van der Waals surface area contributed by atoms with Crippen LogP contribution in [0.25, 0.3) is 21.3 Å². The van der Waals surface area contributed by atoms with Crippen molar-refractivity contribution in [1.82, 2.24) is 4.37 Å². The van der Waals surface area contributed by atoms with Crippen LogP contribution in [-0.2, 0) is 0 Å². The van der Waals surface area contributed by atoms with E-state index in [1.807, 2.05) is 18.2 Å². The van der Waals surface area contributed by atoms with Crippen LogP contribution in [0, 0.1) is 0 Å². The molecule has 36 heavy (non-hydrogen) atoms. The summed E-state index contributed by atoms with van der Waals surface area (Å²) in [5.41, 5.74) is 4.06. The molecule has 2 aliphatic carbocycles. The second-order valence-corrected chi connectivity index (χ2v) is 9.49. The monoisotopic (exact) mass is 486 g/mol. The first-order valence-corrected chi connectivity index (χ1v) is 12.0. The molecule has 5 aromatic rings. The van der Waals surface area contributed by atoms with Crippen LogP contribution in [-0.4, -0.2) is 27.6 Å². The summed E-state index contributed by atoms with van der Waals surface area (Å²) in [7, 11) is 0. The Bertz CT molecular complexity index is 1850. The van der Waals surface area contributed by atoms with Gasteiger partial charge in [0.2, 0.25) is 0 Å². The first-order valence-electron chi connectivity index (χ1n) is 11.2. The number of aromatic nitrogens is 1. The van der Waals surface area contributed by atoms with Crippen LogP contribution in [0.5, 0.6) is 0 Å². The highest BCUT2D eigenvalue weighted by Crippen LogP contribution is 2.43. The van der Waals surface area contributed by atoms with Crippen molar-refractivity contribution in [3.05, 3.63) is 118 Å². The zero-order valence-electron chi connectivity index (χ0n) is 18.5. The van der Waals surface area contributed by atoms with Crippen LogP contribution in [0.15, 0.2) is 78.9 Å². The molecule has 1 amide bonds. The Morgan fingerprint density at radius 3 is 2.14 bits per heavy atom. The minimum absolute atomic E-state index is 0.179. The van der Waals surface area contributed by atoms with E-state index < -0.39 is 5.91 Å². The smallest absolute Gasteiger partial charge is 0.255 e. The molecule has 7 rings (SSSR count). The van der Waals surface area contributed by atoms with Crippen LogP contribution in [0.3, 0.4) is 0 Å². The fourth-order valence-electron chi connectivity index (χ4n) is 5.03. The number of hydrogen-bond donors (Lipinski definition) is 1. The summed E-state index contributed by atoms with van der Waals surface area (Å²) >= 11 is 1.33. The molecule has 2 aliphatic rings. The lowest BCUT2D eigenvalue weighted by Crippen LogP contribution is -2.22. The van der Waals surface area contributed by atoms with Gasteiger partial charge in [-0.15, -0.1) is 0 Å². The Labute approximate surface area is 208 Å². The molecule has 0 unspecified atom stereocenters. The lowest BCUT2D eigenvalue weighted by atomic mass is 9.83. The van der Waals surface area contributed by atoms with Gasteiger partial charge in [-0.1, -0.05) is 48.5 Å². The van der Waals surface area contributed by atoms with Crippen LogP contribution < -0.4 is 5.32 Å². The number of ketones is 3. The van der Waals surface area contributed by atoms with Crippen molar-refractivity contribution < 1.29 is 19.2 Å². The van der Waals surface area contributed by atoms with Gasteiger partial charge in [0.25, 0.3) is 5.91 Å². The number of carbonyl (C=O) groups is 4. The van der Waals surface area contributed by atoms with Gasteiger partial charge < -0.3 is 5.32 Å². The number of carbonyl (C=O) groups excluding carboxylic acids is 4. The van der Waals surface area contributed by atoms with E-state index in [-0.39, 0.29) is 34.0 Å². The van der Waals surface area contributed by atoms with E-state index in [2.05, 4.69) is 9.69 Å². The summed E-state index contributed by atoms with van der Waals surface area (Å²) in [4.78, 5) is 52.7. The third kappa shape index (κ3) is 2.74. The van der Waals surface area contributed by atoms with E-state index in [0.717, 1.165) is 15.8 Å². The van der Waals surface area contributed by atoms with Crippen molar-refractivity contribution >= 4 is 50.6 Å². The maximum absolute atomic E-state index is 13.5. The van der Waals surface area contributed by atoms with Crippen molar-refractivity contribution in [2.45, 2.75) is 0 Å². The van der Waals surface area contributed by atoms with Crippen LogP contribution >= 0.6 is 11.5 Å². The van der Waals surface area contributed by atoms with E-state index in [1.54, 1.807) is 42.5 Å². The number of rotatable bonds is 2. The van der Waals surface area contributed by atoms with Crippen molar-refractivity contribution in [2.24, 2.45) is 0 Å². The van der Waals surface area contributed by atoms with Crippen molar-refractivity contribution in [3.63, 3.8) is 0 Å². The lowest BCUT2D eigenvalue weighted by Gasteiger charge is -2.20. The van der Waals surface area contributed by atoms with Gasteiger partial charge in [-0.05, 0) is 41.9 Å². The van der Waals surface area contributed by atoms with Gasteiger partial charge >= 0.3 is 0 Å². The summed E-state index contributed by atoms with van der Waals surface area (Å²) in [6.07, 6.45) is 0. The molecule has 0 bridgehead atoms. The molecule has 0 radical (unpaired) electrons. The van der Waals surface area contributed by atoms with E-state index in [1.165, 1.54) is 29.7 Å². The van der Waals surface area contributed by atoms with E-state index >= 15 is 0 Å². The quantitative estimate of drug-likeness (QED) is 0.347. The predicted molar refractivity (Wildman–Crippen MR) is 136 cm³/mol. The Morgan fingerprint density at radius 1 is 0.667 bits per heavy atom. The topological polar surface area (TPSA) is 93.2 Å². The summed E-state index contributed by atoms with van der Waals surface area (Å²) in [5.74, 6) is -1.21. The maximum atomic E-state index is 13.5. The average Bonchev–Trinajstić information content (AvgIpc) is 3.35. The first-order chi connectivity index (χ1) is 17.5. The number of anilines is 1. The van der Waals surface area contributed by atoms with E-state index in [0.29, 0.717) is 33.5 Å². The normalized spacial score (nSPS) is 13.3. The van der Waals surface area contributed by atoms with Gasteiger partial charge in [0.15, 0.2) is 17.3 Å². The highest BCUT2D eigenvalue weighted by atomic mass is 32.1. The summed E-state index contributed by atoms with van der Waals surface area (Å²) < 4.78 is 5.51. The molecule has 1 heterocycles. The highest BCUT2D eigenvalue weighted by molar-refractivity contribution is 7.13. The maximum Gasteiger partial charge on any atom is 0.255 e. The number of nitrogens with one attached hydrogen (secondary N) is 1. The zero-order chi connectivity index (χ0) is 24.6. The minimum atomic E-state index is -0.486. The number of nitrogens with zero attached hydrogens (tertiary/aromatic N) is 1. The van der Waals surface area contributed by atoms with E-state index in [4.69, 9.17) is 0 Å². The molecule has 1 N–H and O–H groups in total. The van der Waals surface area contributed by atoms with E-state index in [9.17, 15) is 19.2 Å². The van der Waals surface area contributed by atoms with Gasteiger partial charge in [0, 0.05) is 44.3 Å². The predicted octanol–water partition coefficient (Wildman–Crippen LogP) is 5.54. The number of amides is 1. The van der Waals surface area contributed by atoms with Crippen LogP contribution in [0.4, 0.5) is 5.69 Å². The van der Waals surface area contributed by atoms with Gasteiger partial charge in [-0.3, -0.25) is 19.2 Å². The van der Waals surface area contributed by atoms with Gasteiger partial charge in [0.1, 0.15) is 0 Å². The molecule has 0 saturated heterocycles. The Morgan fingerprint density at radius 2 is 1.33 bits per heavy atom. The zero-order valence-corrected chi connectivity index (χ0v) is 19.3. The molecule has 4 aromatic carbocycles. The first kappa shape index (κ1) is 20.6. The molecule has 0 atom stereocenters. The van der Waals surface area contributed by atoms with Gasteiger partial charge in [-0.2, -0.15) is 4.37 Å². The van der Waals surface area contributed by atoms with Crippen molar-refractivity contribution in [3.8, 4) is 11.3 Å². The number of hydrogen-bond acceptors (Lipinski definition) is 6. The third-order valence-electron chi connectivity index (χ3n) is 6.73. The molecule has 170 valence electrons. The molecule has 1 aromatic heterocycles. The molecule has 6 nitrogen and oxygen atoms in total. The lowest BCUT2D eigenvalue weighted by molar-refractivity contribution is 0.0978. The number of fused-ring (bicyclic) bond motifs is 4. The van der Waals surface area contributed by atoms with Crippen LogP contribution in [0.1, 0.15) is 58.1 Å². The Hall–Kier alpha value is -4.75. The largest absolute Gasteiger partial charge is 0.321 e. The van der Waals surface area contributed by atoms with Crippen molar-refractivity contribution in [2.75, 3.05) is 5.32 Å². The Balaban J connectivity index is 1.28. The molecule has 7 heteroatoms. The standard InChI is InChI=1S/C29H14N2O4S/c32-26-15-5-1-2-6-16(15)27(33)20-13-14(11-12-17(20)26)29(35)30-21-9-3-7-18-23(21)28(34)19-8-4-10-22-24(19)25(18)31-36-22/h1-13H,(H,30,35). The molecular formula is C29H14N2O4S. The molecular weight excluding hydrogens is 472 g/mol. The number of benzene rings is 4. The molecule has 0 aliphatic heterocycles. The van der Waals surface area contributed by atoms with Gasteiger partial charge in [0.05, 0.1) is 21.6 Å². The highest BCUT2D eigenvalue weighted by Gasteiger charge is 2.32. The van der Waals surface area contributed by atoms with Crippen molar-refractivity contribution in [1.29, 1.82) is 0 Å². The molecule has 0 spiro atoms. The average molecular weight is 487 g/mol. The fraction of sp³-hybridized carbons (Fsp3) is 0. The summed E-state index contributed by atoms with van der Waals surface area (Å²) in [6.45, 7) is 0. The second kappa shape index (κ2) is 7.37. The summed E-state index contributed by atoms with van der Waals surface area (Å²) in [5, 5.41) is 3.68. The second-order valence-electron chi connectivity index (χ2n) is 8.69. The Kier molecular flexibility index (Phi) is 4.22. The molecule has 0 fully saturated rings.